The Kier molecular flexibility index (Phi) is 4.63. The van der Waals surface area contributed by atoms with Gasteiger partial charge >= 0.3 is 0 Å². The van der Waals surface area contributed by atoms with Gasteiger partial charge in [-0.15, -0.1) is 10.2 Å². The minimum atomic E-state index is -0.457. The number of nitrogens with one attached hydrogen (secondary N) is 1. The number of H-pyrrole nitrogens is 1. The molecule has 0 saturated carbocycles. The number of hydrogen-bond donors (Lipinski definition) is 1. The summed E-state index contributed by atoms with van der Waals surface area (Å²) in [5.74, 6) is 0.541. The first-order chi connectivity index (χ1) is 11.9. The van der Waals surface area contributed by atoms with Crippen LogP contribution in [0.5, 0.6) is 0 Å². The maximum Gasteiger partial charge on any atom is 0.284 e. The fraction of sp³-hybridized carbons (Fsp3) is 0.294. The van der Waals surface area contributed by atoms with Crippen LogP contribution in [0.2, 0.25) is 0 Å². The lowest BCUT2D eigenvalue weighted by Crippen LogP contribution is -2.15. The Morgan fingerprint density at radius 3 is 2.64 bits per heavy atom. The zero-order chi connectivity index (χ0) is 18.1. The Morgan fingerprint density at radius 2 is 2.04 bits per heavy atom. The van der Waals surface area contributed by atoms with E-state index in [0.29, 0.717) is 28.3 Å². The topological polar surface area (TPSA) is 102 Å². The van der Waals surface area contributed by atoms with Crippen molar-refractivity contribution in [1.82, 2.24) is 15.2 Å². The zero-order valence-corrected chi connectivity index (χ0v) is 15.1. The summed E-state index contributed by atoms with van der Waals surface area (Å²) < 4.78 is 10.7. The molecule has 0 unspecified atom stereocenters. The molecular formula is C17H17N3O4S. The quantitative estimate of drug-likeness (QED) is 0.527. The van der Waals surface area contributed by atoms with Crippen molar-refractivity contribution in [2.24, 2.45) is 0 Å². The second kappa shape index (κ2) is 6.72. The van der Waals surface area contributed by atoms with Crippen LogP contribution < -0.4 is 0 Å². The number of rotatable bonds is 6. The SMILES string of the molecule is CC(=O)c1c(C)[nH]c(C(=O)[C@H](C)Sc2nnc(-c3ccco3)o2)c1C. The first-order valence-electron chi connectivity index (χ1n) is 7.66. The number of hydrogen-bond acceptors (Lipinski definition) is 7. The summed E-state index contributed by atoms with van der Waals surface area (Å²) in [6.45, 7) is 6.80. The summed E-state index contributed by atoms with van der Waals surface area (Å²) >= 11 is 1.16. The summed E-state index contributed by atoms with van der Waals surface area (Å²) in [5.41, 5.74) is 2.37. The van der Waals surface area contributed by atoms with Gasteiger partial charge < -0.3 is 13.8 Å². The van der Waals surface area contributed by atoms with Crippen LogP contribution in [0.25, 0.3) is 11.7 Å². The number of thioether (sulfide) groups is 1. The van der Waals surface area contributed by atoms with E-state index in [-0.39, 0.29) is 22.7 Å². The van der Waals surface area contributed by atoms with Crippen molar-refractivity contribution in [2.45, 2.75) is 38.2 Å². The van der Waals surface area contributed by atoms with Crippen molar-refractivity contribution in [3.05, 3.63) is 40.9 Å². The number of Topliss-reactive ketones (excluding diaryl/α,β-unsaturated/α-hetero) is 2. The van der Waals surface area contributed by atoms with Crippen molar-refractivity contribution in [3.8, 4) is 11.7 Å². The lowest BCUT2D eigenvalue weighted by Gasteiger charge is -2.07. The first kappa shape index (κ1) is 17.2. The van der Waals surface area contributed by atoms with E-state index >= 15 is 0 Å². The van der Waals surface area contributed by atoms with Crippen LogP contribution in [0, 0.1) is 13.8 Å². The van der Waals surface area contributed by atoms with Gasteiger partial charge in [-0.3, -0.25) is 9.59 Å². The largest absolute Gasteiger partial charge is 0.459 e. The maximum absolute atomic E-state index is 12.7. The van der Waals surface area contributed by atoms with Gasteiger partial charge in [0, 0.05) is 11.3 Å². The lowest BCUT2D eigenvalue weighted by molar-refractivity contribution is 0.0988. The molecule has 0 radical (unpaired) electrons. The highest BCUT2D eigenvalue weighted by molar-refractivity contribution is 8.00. The Balaban J connectivity index is 1.78. The molecule has 0 fully saturated rings. The number of carbonyl (C=O) groups is 2. The molecule has 0 spiro atoms. The molecule has 3 heterocycles. The minimum absolute atomic E-state index is 0.0643. The van der Waals surface area contributed by atoms with Crippen LogP contribution in [-0.2, 0) is 0 Å². The van der Waals surface area contributed by atoms with Crippen LogP contribution in [-0.4, -0.2) is 32.0 Å². The number of furan rings is 1. The van der Waals surface area contributed by atoms with E-state index in [1.807, 2.05) is 0 Å². The fourth-order valence-corrected chi connectivity index (χ4v) is 3.43. The van der Waals surface area contributed by atoms with Crippen molar-refractivity contribution in [1.29, 1.82) is 0 Å². The van der Waals surface area contributed by atoms with Gasteiger partial charge in [-0.2, -0.15) is 0 Å². The maximum atomic E-state index is 12.7. The molecule has 1 N–H and O–H groups in total. The molecule has 1 atom stereocenters. The lowest BCUT2D eigenvalue weighted by atomic mass is 10.0. The molecule has 3 aromatic heterocycles. The predicted octanol–water partition coefficient (Wildman–Crippen LogP) is 3.84. The molecule has 25 heavy (non-hydrogen) atoms. The smallest absolute Gasteiger partial charge is 0.284 e. The molecule has 0 aliphatic rings. The Bertz CT molecular complexity index is 924. The standard InChI is InChI=1S/C17H17N3O4S/c1-8-13(10(3)21)9(2)18-14(8)15(22)11(4)25-17-20-19-16(24-17)12-6-5-7-23-12/h5-7,11,18H,1-4H3/t11-/m0/s1. The number of aromatic nitrogens is 3. The highest BCUT2D eigenvalue weighted by Gasteiger charge is 2.26. The van der Waals surface area contributed by atoms with Gasteiger partial charge in [0.15, 0.2) is 17.3 Å². The second-order valence-electron chi connectivity index (χ2n) is 5.66. The fourth-order valence-electron chi connectivity index (χ4n) is 2.69. The molecule has 130 valence electrons. The van der Waals surface area contributed by atoms with E-state index < -0.39 is 5.25 Å². The van der Waals surface area contributed by atoms with Gasteiger partial charge in [0.05, 0.1) is 17.2 Å². The molecule has 0 aliphatic carbocycles. The first-order valence-corrected chi connectivity index (χ1v) is 8.54. The summed E-state index contributed by atoms with van der Waals surface area (Å²) in [7, 11) is 0. The van der Waals surface area contributed by atoms with Crippen molar-refractivity contribution in [2.75, 3.05) is 0 Å². The Morgan fingerprint density at radius 1 is 1.28 bits per heavy atom. The third-order valence-corrected chi connectivity index (χ3v) is 4.76. The minimum Gasteiger partial charge on any atom is -0.459 e. The highest BCUT2D eigenvalue weighted by atomic mass is 32.2. The van der Waals surface area contributed by atoms with Gasteiger partial charge in [0.1, 0.15) is 0 Å². The number of aromatic amines is 1. The third kappa shape index (κ3) is 3.30. The van der Waals surface area contributed by atoms with Crippen LogP contribution in [0.1, 0.15) is 46.0 Å². The molecule has 3 aromatic rings. The van der Waals surface area contributed by atoms with E-state index in [2.05, 4.69) is 15.2 Å². The van der Waals surface area contributed by atoms with Gasteiger partial charge in [0.25, 0.3) is 11.1 Å². The van der Waals surface area contributed by atoms with E-state index in [4.69, 9.17) is 8.83 Å². The molecule has 0 amide bonds. The summed E-state index contributed by atoms with van der Waals surface area (Å²) in [5, 5.41) is 7.66. The molecule has 7 nitrogen and oxygen atoms in total. The summed E-state index contributed by atoms with van der Waals surface area (Å²) in [6, 6.07) is 3.44. The average molecular weight is 359 g/mol. The van der Waals surface area contributed by atoms with Crippen molar-refractivity contribution < 1.29 is 18.4 Å². The molecule has 0 bridgehead atoms. The molecule has 0 saturated heterocycles. The number of carbonyl (C=O) groups excluding carboxylic acids is 2. The van der Waals surface area contributed by atoms with Crippen LogP contribution in [0.15, 0.2) is 32.5 Å². The zero-order valence-electron chi connectivity index (χ0n) is 14.2. The highest BCUT2D eigenvalue weighted by Crippen LogP contribution is 2.29. The van der Waals surface area contributed by atoms with Gasteiger partial charge in [-0.25, -0.2) is 0 Å². The molecular weight excluding hydrogens is 342 g/mol. The molecule has 3 rings (SSSR count). The van der Waals surface area contributed by atoms with E-state index in [0.717, 1.165) is 11.8 Å². The monoisotopic (exact) mass is 359 g/mol. The average Bonchev–Trinajstić information content (AvgIpc) is 3.26. The summed E-state index contributed by atoms with van der Waals surface area (Å²) in [6.07, 6.45) is 1.52. The van der Waals surface area contributed by atoms with Crippen molar-refractivity contribution in [3.63, 3.8) is 0 Å². The third-order valence-electron chi connectivity index (χ3n) is 3.82. The number of ketones is 2. The van der Waals surface area contributed by atoms with Gasteiger partial charge in [-0.1, -0.05) is 11.8 Å². The van der Waals surface area contributed by atoms with E-state index in [1.54, 1.807) is 32.9 Å². The van der Waals surface area contributed by atoms with Crippen LogP contribution in [0.3, 0.4) is 0 Å². The second-order valence-corrected chi connectivity index (χ2v) is 6.95. The van der Waals surface area contributed by atoms with Gasteiger partial charge in [0.2, 0.25) is 0 Å². The Labute approximate surface area is 148 Å². The van der Waals surface area contributed by atoms with E-state index in [1.165, 1.54) is 13.2 Å². The Hall–Kier alpha value is -2.61. The number of aryl methyl sites for hydroxylation is 1. The molecule has 0 aromatic carbocycles. The predicted molar refractivity (Wildman–Crippen MR) is 91.9 cm³/mol. The van der Waals surface area contributed by atoms with E-state index in [9.17, 15) is 9.59 Å². The van der Waals surface area contributed by atoms with Gasteiger partial charge in [-0.05, 0) is 45.4 Å². The molecule has 8 heteroatoms. The van der Waals surface area contributed by atoms with Crippen LogP contribution in [0.4, 0.5) is 0 Å². The van der Waals surface area contributed by atoms with Crippen molar-refractivity contribution >= 4 is 23.3 Å². The molecule has 0 aliphatic heterocycles. The normalized spacial score (nSPS) is 12.3. The van der Waals surface area contributed by atoms with Crippen LogP contribution >= 0.6 is 11.8 Å². The summed E-state index contributed by atoms with van der Waals surface area (Å²) in [4.78, 5) is 27.5. The number of nitrogens with zero attached hydrogens (tertiary/aromatic N) is 2.